The third kappa shape index (κ3) is 8.14. The quantitative estimate of drug-likeness (QED) is 0.651. The molecule has 0 radical (unpaired) electrons. The molecule has 1 rings (SSSR count). The van der Waals surface area contributed by atoms with Crippen molar-refractivity contribution in [1.29, 1.82) is 0 Å². The number of rotatable bonds is 9. The van der Waals surface area contributed by atoms with Gasteiger partial charge in [0.2, 0.25) is 0 Å². The molecular weight excluding hydrogens is 284 g/mol. The van der Waals surface area contributed by atoms with Gasteiger partial charge in [-0.1, -0.05) is 26.0 Å². The molecule has 0 aliphatic rings. The third-order valence-electron chi connectivity index (χ3n) is 2.83. The average Bonchev–Trinajstić information content (AvgIpc) is 2.46. The standard InChI is InChI=1S/C16H24N2O4/c1-12(2)11-22-14-5-3-13(4-6-14)7-9-17-16(21)18-10-8-15(19)20/h3-6,12H,7-11H2,1-2H3,(H,19,20)(H2,17,18,21). The summed E-state index contributed by atoms with van der Waals surface area (Å²) in [7, 11) is 0. The molecule has 0 fully saturated rings. The van der Waals surface area contributed by atoms with E-state index in [0.717, 1.165) is 11.3 Å². The van der Waals surface area contributed by atoms with Crippen molar-refractivity contribution >= 4 is 12.0 Å². The maximum Gasteiger partial charge on any atom is 0.314 e. The molecule has 0 saturated carbocycles. The predicted octanol–water partition coefficient (Wildman–Crippen LogP) is 2.04. The van der Waals surface area contributed by atoms with Gasteiger partial charge in [0.25, 0.3) is 0 Å². The Kier molecular flexibility index (Phi) is 7.81. The first-order valence-corrected chi connectivity index (χ1v) is 7.42. The lowest BCUT2D eigenvalue weighted by Crippen LogP contribution is -2.37. The molecule has 2 amide bonds. The number of amides is 2. The minimum Gasteiger partial charge on any atom is -0.493 e. The second kappa shape index (κ2) is 9.65. The van der Waals surface area contributed by atoms with Crippen LogP contribution in [0.15, 0.2) is 24.3 Å². The molecule has 0 aliphatic carbocycles. The van der Waals surface area contributed by atoms with Gasteiger partial charge in [0, 0.05) is 13.1 Å². The molecule has 1 aromatic carbocycles. The number of carboxylic acid groups (broad SMARTS) is 1. The van der Waals surface area contributed by atoms with E-state index in [1.54, 1.807) is 0 Å². The van der Waals surface area contributed by atoms with Crippen LogP contribution in [0.3, 0.4) is 0 Å². The van der Waals surface area contributed by atoms with Crippen LogP contribution in [0.4, 0.5) is 4.79 Å². The Balaban J connectivity index is 2.21. The Morgan fingerprint density at radius 3 is 2.36 bits per heavy atom. The smallest absolute Gasteiger partial charge is 0.314 e. The van der Waals surface area contributed by atoms with E-state index in [1.165, 1.54) is 0 Å². The number of carboxylic acids is 1. The van der Waals surface area contributed by atoms with Gasteiger partial charge in [0.05, 0.1) is 13.0 Å². The fourth-order valence-corrected chi connectivity index (χ4v) is 1.68. The molecule has 6 heteroatoms. The number of benzene rings is 1. The minimum atomic E-state index is -0.930. The molecule has 22 heavy (non-hydrogen) atoms. The number of ether oxygens (including phenoxy) is 1. The van der Waals surface area contributed by atoms with E-state index in [4.69, 9.17) is 9.84 Å². The molecule has 0 spiro atoms. The number of urea groups is 1. The van der Waals surface area contributed by atoms with Gasteiger partial charge in [-0.2, -0.15) is 0 Å². The van der Waals surface area contributed by atoms with Crippen molar-refractivity contribution in [2.24, 2.45) is 5.92 Å². The SMILES string of the molecule is CC(C)COc1ccc(CCNC(=O)NCCC(=O)O)cc1. The van der Waals surface area contributed by atoms with Crippen LogP contribution in [0.5, 0.6) is 5.75 Å². The van der Waals surface area contributed by atoms with Gasteiger partial charge in [-0.15, -0.1) is 0 Å². The third-order valence-corrected chi connectivity index (χ3v) is 2.83. The predicted molar refractivity (Wildman–Crippen MR) is 84.1 cm³/mol. The highest BCUT2D eigenvalue weighted by atomic mass is 16.5. The van der Waals surface area contributed by atoms with Crippen LogP contribution in [0.1, 0.15) is 25.8 Å². The topological polar surface area (TPSA) is 87.7 Å². The number of hydrogen-bond acceptors (Lipinski definition) is 3. The van der Waals surface area contributed by atoms with Crippen LogP contribution in [-0.2, 0) is 11.2 Å². The number of carbonyl (C=O) groups is 2. The Morgan fingerprint density at radius 1 is 1.14 bits per heavy atom. The second-order valence-electron chi connectivity index (χ2n) is 5.43. The van der Waals surface area contributed by atoms with E-state index in [-0.39, 0.29) is 19.0 Å². The lowest BCUT2D eigenvalue weighted by atomic mass is 10.1. The molecule has 0 unspecified atom stereocenters. The zero-order valence-electron chi connectivity index (χ0n) is 13.1. The lowest BCUT2D eigenvalue weighted by Gasteiger charge is -2.10. The summed E-state index contributed by atoms with van der Waals surface area (Å²) >= 11 is 0. The van der Waals surface area contributed by atoms with Crippen LogP contribution in [0.2, 0.25) is 0 Å². The van der Waals surface area contributed by atoms with Crippen molar-refractivity contribution in [2.45, 2.75) is 26.7 Å². The zero-order chi connectivity index (χ0) is 16.4. The first kappa shape index (κ1) is 17.8. The Morgan fingerprint density at radius 2 is 1.77 bits per heavy atom. The first-order chi connectivity index (χ1) is 10.5. The lowest BCUT2D eigenvalue weighted by molar-refractivity contribution is -0.136. The van der Waals surface area contributed by atoms with Gasteiger partial charge in [-0.25, -0.2) is 4.79 Å². The molecule has 0 aromatic heterocycles. The molecule has 0 atom stereocenters. The normalized spacial score (nSPS) is 10.3. The Bertz CT molecular complexity index is 472. The number of hydrogen-bond donors (Lipinski definition) is 3. The molecule has 6 nitrogen and oxygen atoms in total. The highest BCUT2D eigenvalue weighted by Crippen LogP contribution is 2.13. The van der Waals surface area contributed by atoms with Crippen LogP contribution < -0.4 is 15.4 Å². The summed E-state index contributed by atoms with van der Waals surface area (Å²) in [5.41, 5.74) is 1.10. The van der Waals surface area contributed by atoms with Crippen molar-refractivity contribution < 1.29 is 19.4 Å². The van der Waals surface area contributed by atoms with Gasteiger partial charge >= 0.3 is 12.0 Å². The fraction of sp³-hybridized carbons (Fsp3) is 0.500. The summed E-state index contributed by atoms with van der Waals surface area (Å²) in [6.45, 7) is 5.51. The van der Waals surface area contributed by atoms with Gasteiger partial charge < -0.3 is 20.5 Å². The van der Waals surface area contributed by atoms with Gasteiger partial charge in [0.15, 0.2) is 0 Å². The van der Waals surface area contributed by atoms with Gasteiger partial charge in [-0.05, 0) is 30.0 Å². The van der Waals surface area contributed by atoms with Crippen molar-refractivity contribution in [3.8, 4) is 5.75 Å². The van der Waals surface area contributed by atoms with E-state index in [0.29, 0.717) is 25.5 Å². The van der Waals surface area contributed by atoms with Crippen LogP contribution in [0, 0.1) is 5.92 Å². The summed E-state index contributed by atoms with van der Waals surface area (Å²) in [4.78, 5) is 21.7. The molecule has 1 aromatic rings. The van der Waals surface area contributed by atoms with E-state index in [9.17, 15) is 9.59 Å². The largest absolute Gasteiger partial charge is 0.493 e. The second-order valence-corrected chi connectivity index (χ2v) is 5.43. The Hall–Kier alpha value is -2.24. The van der Waals surface area contributed by atoms with Crippen molar-refractivity contribution in [3.63, 3.8) is 0 Å². The highest BCUT2D eigenvalue weighted by Gasteiger charge is 2.02. The van der Waals surface area contributed by atoms with Gasteiger partial charge in [0.1, 0.15) is 5.75 Å². The fourth-order valence-electron chi connectivity index (χ4n) is 1.68. The van der Waals surface area contributed by atoms with Crippen LogP contribution in [-0.4, -0.2) is 36.8 Å². The maximum atomic E-state index is 11.4. The van der Waals surface area contributed by atoms with E-state index in [1.807, 2.05) is 24.3 Å². The molecule has 3 N–H and O–H groups in total. The number of aliphatic carboxylic acids is 1. The molecular formula is C16H24N2O4. The summed E-state index contributed by atoms with van der Waals surface area (Å²) in [5.74, 6) is 0.403. The maximum absolute atomic E-state index is 11.4. The van der Waals surface area contributed by atoms with E-state index in [2.05, 4.69) is 24.5 Å². The minimum absolute atomic E-state index is 0.0781. The molecule has 0 heterocycles. The van der Waals surface area contributed by atoms with E-state index >= 15 is 0 Å². The van der Waals surface area contributed by atoms with E-state index < -0.39 is 5.97 Å². The van der Waals surface area contributed by atoms with Gasteiger partial charge in [-0.3, -0.25) is 4.79 Å². The Labute approximate surface area is 130 Å². The summed E-state index contributed by atoms with van der Waals surface area (Å²) in [6, 6.07) is 7.44. The van der Waals surface area contributed by atoms with Crippen LogP contribution >= 0.6 is 0 Å². The van der Waals surface area contributed by atoms with Crippen molar-refractivity contribution in [1.82, 2.24) is 10.6 Å². The molecule has 0 aliphatic heterocycles. The molecule has 0 bridgehead atoms. The summed E-state index contributed by atoms with van der Waals surface area (Å²) in [5, 5.41) is 13.6. The average molecular weight is 308 g/mol. The van der Waals surface area contributed by atoms with Crippen molar-refractivity contribution in [2.75, 3.05) is 19.7 Å². The highest BCUT2D eigenvalue weighted by molar-refractivity contribution is 5.74. The monoisotopic (exact) mass is 308 g/mol. The van der Waals surface area contributed by atoms with Crippen molar-refractivity contribution in [3.05, 3.63) is 29.8 Å². The summed E-state index contributed by atoms with van der Waals surface area (Å²) < 4.78 is 5.60. The number of nitrogens with one attached hydrogen (secondary N) is 2. The van der Waals surface area contributed by atoms with Crippen LogP contribution in [0.25, 0.3) is 0 Å². The zero-order valence-corrected chi connectivity index (χ0v) is 13.1. The first-order valence-electron chi connectivity index (χ1n) is 7.42. The molecule has 122 valence electrons. The summed E-state index contributed by atoms with van der Waals surface area (Å²) in [6.07, 6.45) is 0.627. The molecule has 0 saturated heterocycles. The number of carbonyl (C=O) groups excluding carboxylic acids is 1.